The Morgan fingerprint density at radius 1 is 1.20 bits per heavy atom. The van der Waals surface area contributed by atoms with Crippen molar-refractivity contribution in [1.29, 1.82) is 0 Å². The molecule has 1 N–H and O–H groups in total. The van der Waals surface area contributed by atoms with Crippen molar-refractivity contribution in [3.8, 4) is 0 Å². The Morgan fingerprint density at radius 3 is 2.85 bits per heavy atom. The van der Waals surface area contributed by atoms with Crippen LogP contribution in [0.15, 0.2) is 18.2 Å². The first kappa shape index (κ1) is 14.1. The summed E-state index contributed by atoms with van der Waals surface area (Å²) in [7, 11) is 0. The summed E-state index contributed by atoms with van der Waals surface area (Å²) in [5.74, 6) is 0. The highest BCUT2D eigenvalue weighted by atomic mass is 16.5. The van der Waals surface area contributed by atoms with Crippen LogP contribution >= 0.6 is 0 Å². The van der Waals surface area contributed by atoms with Crippen LogP contribution in [-0.2, 0) is 24.1 Å². The molecule has 0 bridgehead atoms. The maximum atomic E-state index is 5.39. The Hall–Kier alpha value is -0.900. The van der Waals surface area contributed by atoms with Crippen molar-refractivity contribution in [3.05, 3.63) is 34.9 Å². The van der Waals surface area contributed by atoms with Crippen LogP contribution in [0.1, 0.15) is 30.0 Å². The van der Waals surface area contributed by atoms with Gasteiger partial charge in [-0.3, -0.25) is 4.90 Å². The van der Waals surface area contributed by atoms with E-state index in [4.69, 9.17) is 4.74 Å². The van der Waals surface area contributed by atoms with Crippen LogP contribution in [0.2, 0.25) is 0 Å². The number of aryl methyl sites for hydroxylation is 2. The molecule has 1 aliphatic carbocycles. The molecule has 0 amide bonds. The van der Waals surface area contributed by atoms with Crippen LogP contribution in [0.3, 0.4) is 0 Å². The van der Waals surface area contributed by atoms with Gasteiger partial charge in [0.1, 0.15) is 0 Å². The standard InChI is InChI=1S/C17H26N2O/c1-14(13-19-7-9-20-10-8-19)18-12-15-5-6-16-3-2-4-17(16)11-15/h5-6,11,14,18H,2-4,7-10,12-13H2,1H3. The Morgan fingerprint density at radius 2 is 2.00 bits per heavy atom. The van der Waals surface area contributed by atoms with Crippen LogP contribution in [-0.4, -0.2) is 43.8 Å². The number of rotatable bonds is 5. The van der Waals surface area contributed by atoms with Crippen molar-refractivity contribution in [2.75, 3.05) is 32.8 Å². The van der Waals surface area contributed by atoms with Crippen molar-refractivity contribution >= 4 is 0 Å². The summed E-state index contributed by atoms with van der Waals surface area (Å²) < 4.78 is 5.39. The molecule has 1 aromatic rings. The van der Waals surface area contributed by atoms with Crippen LogP contribution in [0.4, 0.5) is 0 Å². The average Bonchev–Trinajstić information content (AvgIpc) is 2.93. The second-order valence-corrected chi connectivity index (χ2v) is 6.15. The Kier molecular flexibility index (Phi) is 4.71. The maximum absolute atomic E-state index is 5.39. The lowest BCUT2D eigenvalue weighted by atomic mass is 10.1. The van der Waals surface area contributed by atoms with E-state index in [-0.39, 0.29) is 0 Å². The van der Waals surface area contributed by atoms with Gasteiger partial charge in [-0.25, -0.2) is 0 Å². The van der Waals surface area contributed by atoms with Gasteiger partial charge >= 0.3 is 0 Å². The van der Waals surface area contributed by atoms with Gasteiger partial charge in [0.05, 0.1) is 13.2 Å². The van der Waals surface area contributed by atoms with Gasteiger partial charge in [0.25, 0.3) is 0 Å². The summed E-state index contributed by atoms with van der Waals surface area (Å²) in [5.41, 5.74) is 4.57. The molecular weight excluding hydrogens is 248 g/mol. The van der Waals surface area contributed by atoms with Gasteiger partial charge in [-0.05, 0) is 42.9 Å². The van der Waals surface area contributed by atoms with E-state index in [2.05, 4.69) is 35.3 Å². The molecule has 1 heterocycles. The number of morpholine rings is 1. The van der Waals surface area contributed by atoms with E-state index in [1.54, 1.807) is 11.1 Å². The van der Waals surface area contributed by atoms with Gasteiger partial charge in [-0.2, -0.15) is 0 Å². The molecule has 1 aromatic carbocycles. The summed E-state index contributed by atoms with van der Waals surface area (Å²) in [5, 5.41) is 3.65. The SMILES string of the molecule is CC(CN1CCOCC1)NCc1ccc2c(c1)CCC2. The van der Waals surface area contributed by atoms with E-state index in [0.29, 0.717) is 6.04 Å². The predicted molar refractivity (Wildman–Crippen MR) is 82.0 cm³/mol. The number of fused-ring (bicyclic) bond motifs is 1. The summed E-state index contributed by atoms with van der Waals surface area (Å²) in [6, 6.07) is 7.54. The minimum atomic E-state index is 0.529. The zero-order chi connectivity index (χ0) is 13.8. The monoisotopic (exact) mass is 274 g/mol. The molecular formula is C17H26N2O. The normalized spacial score (nSPS) is 20.9. The highest BCUT2D eigenvalue weighted by molar-refractivity contribution is 5.35. The highest BCUT2D eigenvalue weighted by Crippen LogP contribution is 2.22. The van der Waals surface area contributed by atoms with Crippen molar-refractivity contribution in [1.82, 2.24) is 10.2 Å². The second-order valence-electron chi connectivity index (χ2n) is 6.15. The van der Waals surface area contributed by atoms with Gasteiger partial charge in [0, 0.05) is 32.2 Å². The number of nitrogens with one attached hydrogen (secondary N) is 1. The van der Waals surface area contributed by atoms with Crippen molar-refractivity contribution < 1.29 is 4.74 Å². The van der Waals surface area contributed by atoms with E-state index in [0.717, 1.165) is 39.4 Å². The summed E-state index contributed by atoms with van der Waals surface area (Å²) in [4.78, 5) is 2.49. The van der Waals surface area contributed by atoms with Crippen molar-refractivity contribution in [2.45, 2.75) is 38.8 Å². The first-order valence-corrected chi connectivity index (χ1v) is 7.95. The first-order valence-electron chi connectivity index (χ1n) is 7.95. The third-order valence-electron chi connectivity index (χ3n) is 4.45. The molecule has 0 aromatic heterocycles. The number of hydrogen-bond donors (Lipinski definition) is 1. The Labute approximate surface area is 122 Å². The van der Waals surface area contributed by atoms with Crippen LogP contribution < -0.4 is 5.32 Å². The van der Waals surface area contributed by atoms with Crippen LogP contribution in [0, 0.1) is 0 Å². The molecule has 1 fully saturated rings. The molecule has 2 aliphatic rings. The van der Waals surface area contributed by atoms with Gasteiger partial charge in [-0.1, -0.05) is 18.2 Å². The molecule has 0 saturated carbocycles. The molecule has 110 valence electrons. The molecule has 1 saturated heterocycles. The highest BCUT2D eigenvalue weighted by Gasteiger charge is 2.14. The lowest BCUT2D eigenvalue weighted by Crippen LogP contribution is -2.44. The molecule has 1 aliphatic heterocycles. The molecule has 1 unspecified atom stereocenters. The molecule has 1 atom stereocenters. The summed E-state index contributed by atoms with van der Waals surface area (Å²) >= 11 is 0. The molecule has 0 radical (unpaired) electrons. The Bertz CT molecular complexity index is 441. The lowest BCUT2D eigenvalue weighted by Gasteiger charge is -2.29. The number of nitrogens with zero attached hydrogens (tertiary/aromatic N) is 1. The van der Waals surface area contributed by atoms with Crippen LogP contribution in [0.5, 0.6) is 0 Å². The Balaban J connectivity index is 1.46. The van der Waals surface area contributed by atoms with Gasteiger partial charge in [0.2, 0.25) is 0 Å². The largest absolute Gasteiger partial charge is 0.379 e. The van der Waals surface area contributed by atoms with Crippen molar-refractivity contribution in [3.63, 3.8) is 0 Å². The predicted octanol–water partition coefficient (Wildman–Crippen LogP) is 1.99. The lowest BCUT2D eigenvalue weighted by molar-refractivity contribution is 0.0343. The molecule has 3 heteroatoms. The smallest absolute Gasteiger partial charge is 0.0594 e. The summed E-state index contributed by atoms with van der Waals surface area (Å²) in [6.07, 6.45) is 3.88. The third-order valence-corrected chi connectivity index (χ3v) is 4.45. The molecule has 0 spiro atoms. The molecule has 20 heavy (non-hydrogen) atoms. The van der Waals surface area contributed by atoms with Crippen LogP contribution in [0.25, 0.3) is 0 Å². The quantitative estimate of drug-likeness (QED) is 0.888. The van der Waals surface area contributed by atoms with Crippen molar-refractivity contribution in [2.24, 2.45) is 0 Å². The van der Waals surface area contributed by atoms with E-state index >= 15 is 0 Å². The van der Waals surface area contributed by atoms with E-state index in [1.165, 1.54) is 24.8 Å². The molecule has 3 nitrogen and oxygen atoms in total. The zero-order valence-corrected chi connectivity index (χ0v) is 12.5. The second kappa shape index (κ2) is 6.70. The van der Waals surface area contributed by atoms with E-state index < -0.39 is 0 Å². The number of benzene rings is 1. The van der Waals surface area contributed by atoms with Gasteiger partial charge in [-0.15, -0.1) is 0 Å². The van der Waals surface area contributed by atoms with Gasteiger partial charge < -0.3 is 10.1 Å². The maximum Gasteiger partial charge on any atom is 0.0594 e. The average molecular weight is 274 g/mol. The fourth-order valence-corrected chi connectivity index (χ4v) is 3.26. The van der Waals surface area contributed by atoms with E-state index in [9.17, 15) is 0 Å². The number of hydrogen-bond acceptors (Lipinski definition) is 3. The first-order chi connectivity index (χ1) is 9.81. The minimum absolute atomic E-state index is 0.529. The molecule has 3 rings (SSSR count). The number of ether oxygens (including phenoxy) is 1. The van der Waals surface area contributed by atoms with E-state index in [1.807, 2.05) is 0 Å². The fraction of sp³-hybridized carbons (Fsp3) is 0.647. The van der Waals surface area contributed by atoms with Gasteiger partial charge in [0.15, 0.2) is 0 Å². The summed E-state index contributed by atoms with van der Waals surface area (Å²) in [6.45, 7) is 8.31. The topological polar surface area (TPSA) is 24.5 Å². The zero-order valence-electron chi connectivity index (χ0n) is 12.5. The fourth-order valence-electron chi connectivity index (χ4n) is 3.26. The minimum Gasteiger partial charge on any atom is -0.379 e. The third kappa shape index (κ3) is 3.60.